The van der Waals surface area contributed by atoms with Gasteiger partial charge < -0.3 is 20.9 Å². The van der Waals surface area contributed by atoms with E-state index >= 15 is 0 Å². The van der Waals surface area contributed by atoms with Crippen LogP contribution in [0.25, 0.3) is 54.2 Å². The lowest BCUT2D eigenvalue weighted by Gasteiger charge is -2.18. The predicted molar refractivity (Wildman–Crippen MR) is 206 cm³/mol. The molecule has 0 bridgehead atoms. The lowest BCUT2D eigenvalue weighted by Crippen LogP contribution is -2.04. The molecule has 0 radical (unpaired) electrons. The average Bonchev–Trinajstić information content (AvgIpc) is 3.50. The van der Waals surface area contributed by atoms with E-state index in [4.69, 9.17) is 20.9 Å². The summed E-state index contributed by atoms with van der Waals surface area (Å²) in [5, 5.41) is 6.11. The molecule has 262 valence electrons. The van der Waals surface area contributed by atoms with Gasteiger partial charge in [-0.25, -0.2) is 0 Å². The van der Waals surface area contributed by atoms with Gasteiger partial charge in [-0.05, 0) is 74.5 Å². The number of ether oxygens (including phenoxy) is 2. The highest BCUT2D eigenvalue weighted by molar-refractivity contribution is 7.86. The second kappa shape index (κ2) is 11.7. The predicted octanol–water partition coefficient (Wildman–Crippen LogP) is 9.11. The Hall–Kier alpha value is -6.18. The van der Waals surface area contributed by atoms with Crippen molar-refractivity contribution in [2.45, 2.75) is 16.2 Å². The van der Waals surface area contributed by atoms with Crippen LogP contribution < -0.4 is 20.9 Å². The van der Waals surface area contributed by atoms with E-state index in [9.17, 15) is 25.9 Å². The molecular formula is C41H28N2O8S2. The summed E-state index contributed by atoms with van der Waals surface area (Å²) in [5.41, 5.74) is 15.6. The van der Waals surface area contributed by atoms with Gasteiger partial charge in [-0.15, -0.1) is 0 Å². The SMILES string of the molecule is Nc1c(Oc2cc3c(cc2S(=O)(=O)O)-c2cc(S(=O)(=O)O)c(Oc4c(N)c5ccccc5c5ccccc45)cc2C3)c2ccccc2c2ccccc12. The molecular weight excluding hydrogens is 713 g/mol. The first-order valence-corrected chi connectivity index (χ1v) is 19.3. The van der Waals surface area contributed by atoms with Gasteiger partial charge in [0.2, 0.25) is 0 Å². The minimum absolute atomic E-state index is 0.173. The summed E-state index contributed by atoms with van der Waals surface area (Å²) >= 11 is 0. The monoisotopic (exact) mass is 740 g/mol. The molecule has 0 fully saturated rings. The molecule has 8 aromatic rings. The molecule has 0 aliphatic heterocycles. The van der Waals surface area contributed by atoms with Gasteiger partial charge in [-0.3, -0.25) is 9.11 Å². The van der Waals surface area contributed by atoms with E-state index in [-0.39, 0.29) is 40.8 Å². The molecule has 0 aromatic heterocycles. The molecule has 0 heterocycles. The summed E-state index contributed by atoms with van der Waals surface area (Å²) in [6.45, 7) is 0. The summed E-state index contributed by atoms with van der Waals surface area (Å²) < 4.78 is 85.2. The van der Waals surface area contributed by atoms with Crippen LogP contribution in [0.3, 0.4) is 0 Å². The summed E-state index contributed by atoms with van der Waals surface area (Å²) in [6.07, 6.45) is 0.205. The topological polar surface area (TPSA) is 179 Å². The third-order valence-electron chi connectivity index (χ3n) is 9.84. The number of hydrogen-bond donors (Lipinski definition) is 4. The molecule has 1 aliphatic rings. The van der Waals surface area contributed by atoms with Crippen LogP contribution in [0.4, 0.5) is 11.4 Å². The van der Waals surface area contributed by atoms with Gasteiger partial charge in [-0.2, -0.15) is 16.8 Å². The van der Waals surface area contributed by atoms with Crippen LogP contribution in [0, 0.1) is 0 Å². The van der Waals surface area contributed by atoms with Gasteiger partial charge in [-0.1, -0.05) is 97.1 Å². The van der Waals surface area contributed by atoms with Gasteiger partial charge in [0.1, 0.15) is 21.3 Å². The Balaban J connectivity index is 1.20. The highest BCUT2D eigenvalue weighted by atomic mass is 32.2. The third-order valence-corrected chi connectivity index (χ3v) is 11.6. The van der Waals surface area contributed by atoms with Crippen LogP contribution in [-0.4, -0.2) is 25.9 Å². The fourth-order valence-corrected chi connectivity index (χ4v) is 8.72. The van der Waals surface area contributed by atoms with Crippen molar-refractivity contribution in [3.05, 3.63) is 132 Å². The smallest absolute Gasteiger partial charge is 0.298 e. The number of hydrogen-bond acceptors (Lipinski definition) is 8. The lowest BCUT2D eigenvalue weighted by atomic mass is 9.99. The van der Waals surface area contributed by atoms with E-state index in [0.29, 0.717) is 43.8 Å². The highest BCUT2D eigenvalue weighted by Crippen LogP contribution is 2.49. The number of anilines is 2. The molecule has 6 N–H and O–H groups in total. The largest absolute Gasteiger partial charge is 0.453 e. The van der Waals surface area contributed by atoms with E-state index in [1.54, 1.807) is 0 Å². The maximum Gasteiger partial charge on any atom is 0.298 e. The maximum absolute atomic E-state index is 12.9. The first-order valence-electron chi connectivity index (χ1n) is 16.4. The van der Waals surface area contributed by atoms with Gasteiger partial charge in [0.25, 0.3) is 20.2 Å². The molecule has 53 heavy (non-hydrogen) atoms. The molecule has 0 amide bonds. The zero-order valence-corrected chi connectivity index (χ0v) is 29.2. The fraction of sp³-hybridized carbons (Fsp3) is 0.0244. The number of rotatable bonds is 6. The second-order valence-corrected chi connectivity index (χ2v) is 15.7. The molecule has 0 unspecified atom stereocenters. The van der Waals surface area contributed by atoms with Crippen molar-refractivity contribution in [3.63, 3.8) is 0 Å². The number of benzene rings is 8. The van der Waals surface area contributed by atoms with E-state index in [2.05, 4.69) is 0 Å². The van der Waals surface area contributed by atoms with E-state index < -0.39 is 30.0 Å². The van der Waals surface area contributed by atoms with Crippen molar-refractivity contribution >= 4 is 74.7 Å². The molecule has 0 atom stereocenters. The zero-order valence-electron chi connectivity index (χ0n) is 27.6. The van der Waals surface area contributed by atoms with Crippen molar-refractivity contribution in [2.75, 3.05) is 11.5 Å². The minimum atomic E-state index is -4.89. The first kappa shape index (κ1) is 32.7. The molecule has 0 saturated heterocycles. The first-order chi connectivity index (χ1) is 25.4. The number of nitrogens with two attached hydrogens (primary N) is 2. The second-order valence-electron chi connectivity index (χ2n) is 12.9. The fourth-order valence-electron chi connectivity index (χ4n) is 7.48. The summed E-state index contributed by atoms with van der Waals surface area (Å²) in [6, 6.07) is 35.3. The van der Waals surface area contributed by atoms with Gasteiger partial charge in [0.15, 0.2) is 11.5 Å². The van der Waals surface area contributed by atoms with Crippen molar-refractivity contribution in [2.24, 2.45) is 0 Å². The molecule has 1 aliphatic carbocycles. The Labute approximate surface area is 303 Å². The lowest BCUT2D eigenvalue weighted by molar-refractivity contribution is 0.452. The van der Waals surface area contributed by atoms with Crippen molar-refractivity contribution in [1.29, 1.82) is 0 Å². The number of fused-ring (bicyclic) bond motifs is 9. The quantitative estimate of drug-likeness (QED) is 0.0730. The Kier molecular flexibility index (Phi) is 7.20. The standard InChI is InChI=1S/C41H28N2O8S2/c42-38-28-13-5-1-9-24(28)26-11-3-7-15-30(26)40(38)50-34-18-22-17-23-19-35(37(53(47,48)49)21-33(23)32(22)20-36(34)52(44,45)46)51-41-31-16-8-4-12-27(31)25-10-2-6-14-29(25)39(41)43/h1-16,18-21H,17,42-43H2,(H,44,45,46)(H,47,48,49). The zero-order chi connectivity index (χ0) is 36.8. The Morgan fingerprint density at radius 2 is 0.755 bits per heavy atom. The number of nitrogen functional groups attached to an aromatic ring is 2. The van der Waals surface area contributed by atoms with Crippen molar-refractivity contribution in [3.8, 4) is 34.1 Å². The van der Waals surface area contributed by atoms with E-state index in [0.717, 1.165) is 21.5 Å². The maximum atomic E-state index is 12.9. The van der Waals surface area contributed by atoms with Crippen LogP contribution in [0.5, 0.6) is 23.0 Å². The van der Waals surface area contributed by atoms with Gasteiger partial charge in [0, 0.05) is 21.5 Å². The Morgan fingerprint density at radius 1 is 0.453 bits per heavy atom. The molecule has 0 saturated carbocycles. The normalized spacial score (nSPS) is 12.7. The summed E-state index contributed by atoms with van der Waals surface area (Å²) in [7, 11) is -9.78. The van der Waals surface area contributed by atoms with Crippen LogP contribution in [0.2, 0.25) is 0 Å². The molecule has 9 rings (SSSR count). The van der Waals surface area contributed by atoms with Crippen molar-refractivity contribution < 1.29 is 35.4 Å². The van der Waals surface area contributed by atoms with E-state index in [1.807, 2.05) is 97.1 Å². The minimum Gasteiger partial charge on any atom is -0.453 e. The Morgan fingerprint density at radius 3 is 1.09 bits per heavy atom. The van der Waals surface area contributed by atoms with Gasteiger partial charge >= 0.3 is 0 Å². The third kappa shape index (κ3) is 5.22. The van der Waals surface area contributed by atoms with Crippen LogP contribution in [0.1, 0.15) is 11.1 Å². The molecule has 12 heteroatoms. The van der Waals surface area contributed by atoms with Crippen LogP contribution >= 0.6 is 0 Å². The summed E-state index contributed by atoms with van der Waals surface area (Å²) in [4.78, 5) is -1.10. The average molecular weight is 741 g/mol. The Bertz CT molecular complexity index is 2920. The molecule has 0 spiro atoms. The van der Waals surface area contributed by atoms with Gasteiger partial charge in [0.05, 0.1) is 11.4 Å². The summed E-state index contributed by atoms with van der Waals surface area (Å²) in [5.74, 6) is 0.0783. The van der Waals surface area contributed by atoms with Crippen LogP contribution in [0.15, 0.2) is 131 Å². The molecule has 10 nitrogen and oxygen atoms in total. The highest BCUT2D eigenvalue weighted by Gasteiger charge is 2.31. The van der Waals surface area contributed by atoms with Crippen LogP contribution in [-0.2, 0) is 26.7 Å². The molecule has 8 aromatic carbocycles. The van der Waals surface area contributed by atoms with E-state index in [1.165, 1.54) is 24.3 Å². The van der Waals surface area contributed by atoms with Crippen molar-refractivity contribution in [1.82, 2.24) is 0 Å².